The fourth-order valence-electron chi connectivity index (χ4n) is 1.38. The van der Waals surface area contributed by atoms with Crippen LogP contribution in [-0.4, -0.2) is 22.2 Å². The van der Waals surface area contributed by atoms with Crippen LogP contribution in [0.15, 0.2) is 12.1 Å². The van der Waals surface area contributed by atoms with E-state index < -0.39 is 33.0 Å². The Hall–Kier alpha value is -1.54. The highest BCUT2D eigenvalue weighted by Gasteiger charge is 2.36. The number of rotatable bonds is 4. The largest absolute Gasteiger partial charge is 0.418 e. The maximum absolute atomic E-state index is 12.6. The molecule has 0 fully saturated rings. The van der Waals surface area contributed by atoms with E-state index in [1.807, 2.05) is 0 Å². The van der Waals surface area contributed by atoms with Crippen molar-refractivity contribution in [1.29, 1.82) is 0 Å². The first-order valence-electron chi connectivity index (χ1n) is 5.43. The molecule has 1 aromatic carbocycles. The standard InChI is InChI=1S/C11H12ClF3N2O3/c1-10(2,18)5-16-8-4-7(12)6(11(13,14)15)3-9(8)17(19)20/h3-4,16,18H,5H2,1-2H3. The number of anilines is 1. The van der Waals surface area contributed by atoms with Crippen molar-refractivity contribution in [3.63, 3.8) is 0 Å². The Bertz CT molecular complexity index is 527. The van der Waals surface area contributed by atoms with Crippen molar-refractivity contribution in [3.8, 4) is 0 Å². The topological polar surface area (TPSA) is 75.4 Å². The van der Waals surface area contributed by atoms with Gasteiger partial charge >= 0.3 is 6.18 Å². The summed E-state index contributed by atoms with van der Waals surface area (Å²) in [5.41, 5.74) is -3.41. The molecular weight excluding hydrogens is 301 g/mol. The van der Waals surface area contributed by atoms with E-state index in [0.717, 1.165) is 6.07 Å². The number of alkyl halides is 3. The van der Waals surface area contributed by atoms with Crippen molar-refractivity contribution < 1.29 is 23.2 Å². The van der Waals surface area contributed by atoms with Gasteiger partial charge in [-0.05, 0) is 19.9 Å². The molecule has 0 aliphatic carbocycles. The highest BCUT2D eigenvalue weighted by atomic mass is 35.5. The molecular formula is C11H12ClF3N2O3. The molecule has 0 bridgehead atoms. The summed E-state index contributed by atoms with van der Waals surface area (Å²) >= 11 is 5.50. The molecule has 0 heterocycles. The second kappa shape index (κ2) is 5.45. The van der Waals surface area contributed by atoms with E-state index in [4.69, 9.17) is 11.6 Å². The first-order chi connectivity index (χ1) is 8.92. The lowest BCUT2D eigenvalue weighted by Crippen LogP contribution is -2.29. The molecule has 0 spiro atoms. The molecule has 0 aliphatic rings. The summed E-state index contributed by atoms with van der Waals surface area (Å²) in [6, 6.07) is 1.20. The minimum Gasteiger partial charge on any atom is -0.389 e. The van der Waals surface area contributed by atoms with E-state index in [1.165, 1.54) is 13.8 Å². The molecule has 20 heavy (non-hydrogen) atoms. The lowest BCUT2D eigenvalue weighted by Gasteiger charge is -2.19. The van der Waals surface area contributed by atoms with Gasteiger partial charge in [-0.25, -0.2) is 0 Å². The summed E-state index contributed by atoms with van der Waals surface area (Å²) in [7, 11) is 0. The van der Waals surface area contributed by atoms with Crippen LogP contribution in [-0.2, 0) is 6.18 Å². The number of nitrogens with zero attached hydrogens (tertiary/aromatic N) is 1. The van der Waals surface area contributed by atoms with Crippen LogP contribution in [0.25, 0.3) is 0 Å². The zero-order chi connectivity index (χ0) is 15.7. The summed E-state index contributed by atoms with van der Waals surface area (Å²) in [4.78, 5) is 9.88. The average molecular weight is 313 g/mol. The fourth-order valence-corrected chi connectivity index (χ4v) is 1.65. The van der Waals surface area contributed by atoms with E-state index >= 15 is 0 Å². The average Bonchev–Trinajstić information content (AvgIpc) is 2.23. The molecule has 0 saturated carbocycles. The molecule has 0 amide bonds. The van der Waals surface area contributed by atoms with Crippen LogP contribution >= 0.6 is 11.6 Å². The van der Waals surface area contributed by atoms with Gasteiger partial charge in [0, 0.05) is 12.6 Å². The number of nitrogens with one attached hydrogen (secondary N) is 1. The first kappa shape index (κ1) is 16.5. The number of aliphatic hydroxyl groups is 1. The Kier molecular flexibility index (Phi) is 4.50. The minimum absolute atomic E-state index is 0.0878. The van der Waals surface area contributed by atoms with Crippen LogP contribution in [0.3, 0.4) is 0 Å². The monoisotopic (exact) mass is 312 g/mol. The summed E-state index contributed by atoms with van der Waals surface area (Å²) in [5, 5.41) is 22.2. The predicted octanol–water partition coefficient (Wildman–Crippen LogP) is 3.45. The van der Waals surface area contributed by atoms with E-state index in [2.05, 4.69) is 5.32 Å². The zero-order valence-electron chi connectivity index (χ0n) is 10.6. The van der Waals surface area contributed by atoms with Gasteiger partial charge in [0.15, 0.2) is 0 Å². The molecule has 112 valence electrons. The van der Waals surface area contributed by atoms with Crippen molar-refractivity contribution in [3.05, 3.63) is 32.8 Å². The maximum Gasteiger partial charge on any atom is 0.418 e. The van der Waals surface area contributed by atoms with Crippen molar-refractivity contribution >= 4 is 23.0 Å². The van der Waals surface area contributed by atoms with Gasteiger partial charge in [-0.3, -0.25) is 10.1 Å². The molecule has 2 N–H and O–H groups in total. The summed E-state index contributed by atoms with van der Waals surface area (Å²) in [5.74, 6) is 0. The van der Waals surface area contributed by atoms with Crippen LogP contribution in [0.4, 0.5) is 24.5 Å². The molecule has 1 rings (SSSR count). The highest BCUT2D eigenvalue weighted by molar-refractivity contribution is 6.31. The first-order valence-corrected chi connectivity index (χ1v) is 5.81. The van der Waals surface area contributed by atoms with Gasteiger partial charge in [0.25, 0.3) is 5.69 Å². The number of hydrogen-bond acceptors (Lipinski definition) is 4. The van der Waals surface area contributed by atoms with E-state index in [0.29, 0.717) is 6.07 Å². The second-order valence-corrected chi connectivity index (χ2v) is 5.18. The Morgan fingerprint density at radius 3 is 2.35 bits per heavy atom. The molecule has 0 radical (unpaired) electrons. The van der Waals surface area contributed by atoms with Crippen LogP contribution < -0.4 is 5.32 Å². The lowest BCUT2D eigenvalue weighted by atomic mass is 10.1. The van der Waals surface area contributed by atoms with Gasteiger partial charge in [0.2, 0.25) is 0 Å². The van der Waals surface area contributed by atoms with Gasteiger partial charge in [-0.2, -0.15) is 13.2 Å². The van der Waals surface area contributed by atoms with Crippen LogP contribution in [0.5, 0.6) is 0 Å². The highest BCUT2D eigenvalue weighted by Crippen LogP contribution is 2.40. The lowest BCUT2D eigenvalue weighted by molar-refractivity contribution is -0.384. The molecule has 5 nitrogen and oxygen atoms in total. The predicted molar refractivity (Wildman–Crippen MR) is 67.9 cm³/mol. The molecule has 0 aliphatic heterocycles. The normalized spacial score (nSPS) is 12.3. The summed E-state index contributed by atoms with van der Waals surface area (Å²) < 4.78 is 37.9. The molecule has 0 unspecified atom stereocenters. The van der Waals surface area contributed by atoms with Crippen LogP contribution in [0.2, 0.25) is 5.02 Å². The van der Waals surface area contributed by atoms with Crippen molar-refractivity contribution in [1.82, 2.24) is 0 Å². The smallest absolute Gasteiger partial charge is 0.389 e. The number of nitro benzene ring substituents is 1. The molecule has 1 aromatic rings. The van der Waals surface area contributed by atoms with Gasteiger partial charge in [-0.15, -0.1) is 0 Å². The molecule has 0 atom stereocenters. The Morgan fingerprint density at radius 1 is 1.40 bits per heavy atom. The maximum atomic E-state index is 12.6. The zero-order valence-corrected chi connectivity index (χ0v) is 11.3. The van der Waals surface area contributed by atoms with Crippen molar-refractivity contribution in [2.75, 3.05) is 11.9 Å². The number of benzene rings is 1. The minimum atomic E-state index is -4.78. The Labute approximate surface area is 117 Å². The Balaban J connectivity index is 3.25. The van der Waals surface area contributed by atoms with Crippen LogP contribution in [0.1, 0.15) is 19.4 Å². The summed E-state index contributed by atoms with van der Waals surface area (Å²) in [6.07, 6.45) is -4.78. The third-order valence-corrected chi connectivity index (χ3v) is 2.61. The number of halogens is 4. The SMILES string of the molecule is CC(C)(O)CNc1cc(Cl)c(C(F)(F)F)cc1[N+](=O)[O-]. The van der Waals surface area contributed by atoms with E-state index in [9.17, 15) is 28.4 Å². The third kappa shape index (κ3) is 4.24. The quantitative estimate of drug-likeness (QED) is 0.659. The summed E-state index contributed by atoms with van der Waals surface area (Å²) in [6.45, 7) is 2.80. The second-order valence-electron chi connectivity index (χ2n) is 4.77. The van der Waals surface area contributed by atoms with E-state index in [1.54, 1.807) is 0 Å². The number of nitro groups is 1. The van der Waals surface area contributed by atoms with Gasteiger partial charge in [-0.1, -0.05) is 11.6 Å². The van der Waals surface area contributed by atoms with Gasteiger partial charge in [0.1, 0.15) is 5.69 Å². The molecule has 9 heteroatoms. The van der Waals surface area contributed by atoms with E-state index in [-0.39, 0.29) is 12.2 Å². The third-order valence-electron chi connectivity index (χ3n) is 2.30. The van der Waals surface area contributed by atoms with Crippen molar-refractivity contribution in [2.45, 2.75) is 25.6 Å². The van der Waals surface area contributed by atoms with Crippen LogP contribution in [0, 0.1) is 10.1 Å². The Morgan fingerprint density at radius 2 is 1.95 bits per heavy atom. The molecule has 0 aromatic heterocycles. The van der Waals surface area contributed by atoms with Gasteiger partial charge in [0.05, 0.1) is 21.1 Å². The number of hydrogen-bond donors (Lipinski definition) is 2. The fraction of sp³-hybridized carbons (Fsp3) is 0.455. The van der Waals surface area contributed by atoms with Gasteiger partial charge < -0.3 is 10.4 Å². The van der Waals surface area contributed by atoms with Crippen molar-refractivity contribution in [2.24, 2.45) is 0 Å². The molecule has 0 saturated heterocycles.